The monoisotopic (exact) mass is 600 g/mol. The average molecular weight is 600 g/mol. The van der Waals surface area contributed by atoms with Crippen LogP contribution >= 0.6 is 0 Å². The Kier molecular flexibility index (Phi) is 7.30. The number of nitrogens with zero attached hydrogens (tertiary/aromatic N) is 3. The van der Waals surface area contributed by atoms with Crippen LogP contribution in [0.5, 0.6) is 0 Å². The summed E-state index contributed by atoms with van der Waals surface area (Å²) in [6, 6.07) is 1.11. The number of aromatic amines is 1. The van der Waals surface area contributed by atoms with Crippen LogP contribution in [0.4, 0.5) is 52.7 Å². The number of benzene rings is 2. The van der Waals surface area contributed by atoms with Gasteiger partial charge in [-0.3, -0.25) is 14.7 Å². The van der Waals surface area contributed by atoms with Gasteiger partial charge in [-0.2, -0.15) is 63.2 Å². The zero-order valence-corrected chi connectivity index (χ0v) is 19.5. The van der Waals surface area contributed by atoms with E-state index in [2.05, 4.69) is 0 Å². The van der Waals surface area contributed by atoms with Crippen LogP contribution in [0, 0.1) is 29.6 Å². The van der Waals surface area contributed by atoms with E-state index in [0.29, 0.717) is 0 Å². The third-order valence-electron chi connectivity index (χ3n) is 5.53. The van der Waals surface area contributed by atoms with Crippen molar-refractivity contribution in [3.63, 3.8) is 0 Å². The Morgan fingerprint density at radius 3 is 1.37 bits per heavy atom. The number of carbonyl (C=O) groups excluding carboxylic acids is 1. The van der Waals surface area contributed by atoms with Crippen LogP contribution in [0.3, 0.4) is 0 Å². The molecule has 0 atom stereocenters. The van der Waals surface area contributed by atoms with Crippen molar-refractivity contribution in [3.05, 3.63) is 84.8 Å². The van der Waals surface area contributed by atoms with Crippen molar-refractivity contribution >= 4 is 5.78 Å². The quantitative estimate of drug-likeness (QED) is 0.273. The largest absolute Gasteiger partial charge is 0.417 e. The highest BCUT2D eigenvalue weighted by Crippen LogP contribution is 2.42. The molecule has 0 aliphatic rings. The highest BCUT2D eigenvalue weighted by molar-refractivity contribution is 6.10. The molecule has 0 radical (unpaired) electrons. The van der Waals surface area contributed by atoms with Gasteiger partial charge in [0.2, 0.25) is 5.78 Å². The fourth-order valence-electron chi connectivity index (χ4n) is 3.80. The molecular weight excluding hydrogens is 592 g/mol. The number of aromatic nitrogens is 2. The summed E-state index contributed by atoms with van der Waals surface area (Å²) in [6.45, 7) is 0.836. The van der Waals surface area contributed by atoms with Crippen molar-refractivity contribution in [2.75, 3.05) is 0 Å². The van der Waals surface area contributed by atoms with Gasteiger partial charge in [0.1, 0.15) is 17.7 Å². The van der Waals surface area contributed by atoms with Crippen LogP contribution < -0.4 is 5.56 Å². The molecule has 1 N–H and O–H groups in total. The van der Waals surface area contributed by atoms with E-state index < -0.39 is 91.9 Å². The minimum absolute atomic E-state index is 0.0345. The highest BCUT2D eigenvalue weighted by Gasteiger charge is 2.44. The van der Waals surface area contributed by atoms with Gasteiger partial charge in [0, 0.05) is 11.3 Å². The lowest BCUT2D eigenvalue weighted by Crippen LogP contribution is -2.24. The van der Waals surface area contributed by atoms with Gasteiger partial charge in [-0.1, -0.05) is 0 Å². The third-order valence-corrected chi connectivity index (χ3v) is 5.53. The van der Waals surface area contributed by atoms with E-state index in [4.69, 9.17) is 10.5 Å². The summed E-state index contributed by atoms with van der Waals surface area (Å²) in [5.41, 5.74) is -18.7. The maximum absolute atomic E-state index is 13.5. The second kappa shape index (κ2) is 9.72. The second-order valence-corrected chi connectivity index (χ2v) is 8.16. The number of alkyl halides is 12. The summed E-state index contributed by atoms with van der Waals surface area (Å²) in [6.07, 6.45) is -22.3. The predicted octanol–water partition coefficient (Wildman–Crippen LogP) is 6.52. The molecule has 3 aromatic rings. The topological polar surface area (TPSA) is 102 Å². The number of carbonyl (C=O) groups is 1. The Hall–Kier alpha value is -4.74. The van der Waals surface area contributed by atoms with E-state index >= 15 is 0 Å². The lowest BCUT2D eigenvalue weighted by atomic mass is 9.93. The first kappa shape index (κ1) is 30.8. The average Bonchev–Trinajstić information content (AvgIpc) is 3.13. The third kappa shape index (κ3) is 5.63. The number of rotatable bonds is 3. The van der Waals surface area contributed by atoms with E-state index in [0.717, 1.165) is 19.1 Å². The first-order valence-electron chi connectivity index (χ1n) is 10.4. The maximum atomic E-state index is 13.5. The molecule has 0 saturated carbocycles. The SMILES string of the molecule is Cc1[nH]n(-c2cc(C(F)(F)F)c(C#N)c(C(F)(F)F)c2)c(=O)c1C(=O)c1cc(C(F)(F)F)c(C#N)c(C(F)(F)F)c1. The van der Waals surface area contributed by atoms with Crippen LogP contribution in [0.25, 0.3) is 5.69 Å². The number of nitriles is 2. The van der Waals surface area contributed by atoms with Crippen molar-refractivity contribution in [1.29, 1.82) is 10.5 Å². The Labute approximate surface area is 218 Å². The zero-order valence-electron chi connectivity index (χ0n) is 19.5. The molecule has 0 aliphatic carbocycles. The highest BCUT2D eigenvalue weighted by atomic mass is 19.4. The van der Waals surface area contributed by atoms with Gasteiger partial charge in [0.25, 0.3) is 5.56 Å². The molecule has 0 saturated heterocycles. The molecule has 216 valence electrons. The second-order valence-electron chi connectivity index (χ2n) is 8.16. The van der Waals surface area contributed by atoms with Gasteiger partial charge in [-0.25, -0.2) is 4.68 Å². The summed E-state index contributed by atoms with van der Waals surface area (Å²) in [4.78, 5) is 25.9. The summed E-state index contributed by atoms with van der Waals surface area (Å²) < 4.78 is 162. The molecule has 1 aromatic heterocycles. The van der Waals surface area contributed by atoms with Gasteiger partial charge in [0.05, 0.1) is 39.1 Å². The summed E-state index contributed by atoms with van der Waals surface area (Å²) in [5, 5.41) is 19.8. The predicted molar refractivity (Wildman–Crippen MR) is 110 cm³/mol. The number of ketones is 1. The number of H-pyrrole nitrogens is 1. The van der Waals surface area contributed by atoms with Gasteiger partial charge in [-0.05, 0) is 31.2 Å². The van der Waals surface area contributed by atoms with E-state index in [1.807, 2.05) is 5.10 Å². The molecule has 6 nitrogen and oxygen atoms in total. The summed E-state index contributed by atoms with van der Waals surface area (Å²) in [5.74, 6) is -1.83. The minimum Gasteiger partial charge on any atom is -0.295 e. The summed E-state index contributed by atoms with van der Waals surface area (Å²) >= 11 is 0. The molecule has 0 fully saturated rings. The number of hydrogen-bond donors (Lipinski definition) is 1. The minimum atomic E-state index is -5.60. The number of aryl methyl sites for hydroxylation is 1. The number of hydrogen-bond acceptors (Lipinski definition) is 4. The molecule has 1 heterocycles. The van der Waals surface area contributed by atoms with E-state index in [1.165, 1.54) is 0 Å². The molecule has 0 amide bonds. The Morgan fingerprint density at radius 2 is 1.05 bits per heavy atom. The fraction of sp³-hybridized carbons (Fsp3) is 0.217. The molecule has 3 rings (SSSR count). The van der Waals surface area contributed by atoms with Crippen molar-refractivity contribution in [2.45, 2.75) is 31.6 Å². The molecular formula is C23H8F12N4O2. The fourth-order valence-corrected chi connectivity index (χ4v) is 3.80. The van der Waals surface area contributed by atoms with E-state index in [9.17, 15) is 62.3 Å². The standard InChI is InChI=1S/C23H8F12N4O2/c1-8-17(18(40)9-2-13(20(24,25)26)11(6-36)14(3-9)21(27,28)29)19(41)39(38-8)10-4-15(22(30,31)32)12(7-37)16(5-10)23(33,34)35/h2-5,38H,1H3. The lowest BCUT2D eigenvalue weighted by molar-refractivity contribution is -0.145. The Balaban J connectivity index is 2.35. The van der Waals surface area contributed by atoms with Gasteiger partial charge < -0.3 is 0 Å². The van der Waals surface area contributed by atoms with Crippen molar-refractivity contribution in [3.8, 4) is 17.8 Å². The molecule has 0 unspecified atom stereocenters. The maximum Gasteiger partial charge on any atom is 0.417 e. The first-order valence-corrected chi connectivity index (χ1v) is 10.4. The zero-order chi connectivity index (χ0) is 31.5. The Morgan fingerprint density at radius 1 is 0.707 bits per heavy atom. The summed E-state index contributed by atoms with van der Waals surface area (Å²) in [7, 11) is 0. The van der Waals surface area contributed by atoms with Crippen molar-refractivity contribution < 1.29 is 57.5 Å². The Bertz CT molecular complexity index is 1640. The van der Waals surface area contributed by atoms with Crippen LogP contribution in [-0.4, -0.2) is 15.6 Å². The normalized spacial score (nSPS) is 12.7. The molecule has 0 bridgehead atoms. The van der Waals surface area contributed by atoms with Crippen molar-refractivity contribution in [1.82, 2.24) is 9.78 Å². The van der Waals surface area contributed by atoms with Crippen molar-refractivity contribution in [2.24, 2.45) is 0 Å². The number of nitrogens with one attached hydrogen (secondary N) is 1. The molecule has 41 heavy (non-hydrogen) atoms. The number of halogens is 12. The molecule has 18 heteroatoms. The molecule has 0 aliphatic heterocycles. The van der Waals surface area contributed by atoms with Crippen LogP contribution in [0.1, 0.15) is 55.0 Å². The first-order chi connectivity index (χ1) is 18.5. The van der Waals surface area contributed by atoms with E-state index in [1.54, 1.807) is 0 Å². The lowest BCUT2D eigenvalue weighted by Gasteiger charge is -2.17. The van der Waals surface area contributed by atoms with Crippen LogP contribution in [0.2, 0.25) is 0 Å². The molecule has 2 aromatic carbocycles. The van der Waals surface area contributed by atoms with Crippen LogP contribution in [0.15, 0.2) is 29.1 Å². The van der Waals surface area contributed by atoms with E-state index in [-0.39, 0.29) is 28.9 Å². The van der Waals surface area contributed by atoms with Gasteiger partial charge in [-0.15, -0.1) is 0 Å². The molecule has 0 spiro atoms. The van der Waals surface area contributed by atoms with Crippen LogP contribution in [-0.2, 0) is 24.7 Å². The van der Waals surface area contributed by atoms with Gasteiger partial charge >= 0.3 is 24.7 Å². The smallest absolute Gasteiger partial charge is 0.295 e. The van der Waals surface area contributed by atoms with Gasteiger partial charge in [0.15, 0.2) is 0 Å².